The summed E-state index contributed by atoms with van der Waals surface area (Å²) >= 11 is 0. The van der Waals surface area contributed by atoms with E-state index in [4.69, 9.17) is 4.74 Å². The van der Waals surface area contributed by atoms with Crippen LogP contribution in [-0.4, -0.2) is 25.8 Å². The highest BCUT2D eigenvalue weighted by molar-refractivity contribution is 5.91. The molecule has 0 fully saturated rings. The van der Waals surface area contributed by atoms with Crippen LogP contribution in [0.1, 0.15) is 20.8 Å². The lowest BCUT2D eigenvalue weighted by atomic mass is 10.1. The van der Waals surface area contributed by atoms with Gasteiger partial charge in [0.1, 0.15) is 11.5 Å². The monoisotopic (exact) mass is 302 g/mol. The van der Waals surface area contributed by atoms with Crippen LogP contribution in [0.25, 0.3) is 0 Å². The maximum Gasteiger partial charge on any atom is 0.387 e. The fourth-order valence-corrected chi connectivity index (χ4v) is 1.46. The van der Waals surface area contributed by atoms with Gasteiger partial charge in [-0.15, -0.1) is 0 Å². The summed E-state index contributed by atoms with van der Waals surface area (Å²) in [6.45, 7) is 2.80. The lowest BCUT2D eigenvalue weighted by Gasteiger charge is -2.19. The van der Waals surface area contributed by atoms with Gasteiger partial charge in [-0.1, -0.05) is 13.8 Å². The zero-order valence-electron chi connectivity index (χ0n) is 12.4. The summed E-state index contributed by atoms with van der Waals surface area (Å²) in [7, 11) is 1.44. The average Bonchev–Trinajstić information content (AvgIpc) is 2.39. The van der Waals surface area contributed by atoms with Crippen molar-refractivity contribution in [2.45, 2.75) is 33.4 Å². The normalized spacial score (nSPS) is 12.2. The lowest BCUT2D eigenvalue weighted by Crippen LogP contribution is -2.39. The molecule has 1 atom stereocenters. The summed E-state index contributed by atoms with van der Waals surface area (Å²) in [6, 6.07) is 3.64. The molecule has 0 heterocycles. The number of alkyl halides is 2. The molecule has 0 spiro atoms. The maximum absolute atomic E-state index is 12.4. The van der Waals surface area contributed by atoms with Gasteiger partial charge in [-0.2, -0.15) is 8.78 Å². The van der Waals surface area contributed by atoms with Crippen molar-refractivity contribution in [1.82, 2.24) is 5.32 Å². The molecule has 21 heavy (non-hydrogen) atoms. The number of anilines is 1. The Balaban J connectivity index is 2.86. The van der Waals surface area contributed by atoms with Crippen LogP contribution in [0.15, 0.2) is 18.2 Å². The van der Waals surface area contributed by atoms with Crippen LogP contribution in [0.5, 0.6) is 11.5 Å². The summed E-state index contributed by atoms with van der Waals surface area (Å²) in [4.78, 5) is 11.9. The number of ether oxygens (including phenoxy) is 2. The zero-order valence-corrected chi connectivity index (χ0v) is 12.4. The Morgan fingerprint density at radius 1 is 1.24 bits per heavy atom. The van der Waals surface area contributed by atoms with Gasteiger partial charge in [0.2, 0.25) is 0 Å². The molecule has 5 nitrogen and oxygen atoms in total. The van der Waals surface area contributed by atoms with E-state index in [1.165, 1.54) is 25.3 Å². The van der Waals surface area contributed by atoms with E-state index in [1.54, 1.807) is 0 Å². The van der Waals surface area contributed by atoms with Crippen molar-refractivity contribution in [2.24, 2.45) is 5.92 Å². The minimum Gasteiger partial charge on any atom is -0.497 e. The number of benzene rings is 1. The van der Waals surface area contributed by atoms with Crippen LogP contribution in [-0.2, 0) is 0 Å². The van der Waals surface area contributed by atoms with Gasteiger partial charge in [-0.05, 0) is 25.0 Å². The number of carbonyl (C=O) groups is 1. The fourth-order valence-electron chi connectivity index (χ4n) is 1.46. The van der Waals surface area contributed by atoms with E-state index in [-0.39, 0.29) is 23.4 Å². The Morgan fingerprint density at radius 2 is 1.90 bits per heavy atom. The molecule has 0 aromatic heterocycles. The quantitative estimate of drug-likeness (QED) is 0.846. The van der Waals surface area contributed by atoms with Crippen molar-refractivity contribution in [2.75, 3.05) is 12.4 Å². The van der Waals surface area contributed by atoms with Gasteiger partial charge < -0.3 is 20.1 Å². The lowest BCUT2D eigenvalue weighted by molar-refractivity contribution is -0.0493. The summed E-state index contributed by atoms with van der Waals surface area (Å²) < 4.78 is 34.1. The van der Waals surface area contributed by atoms with E-state index in [0.29, 0.717) is 5.75 Å². The fraction of sp³-hybridized carbons (Fsp3) is 0.500. The molecule has 1 aromatic rings. The van der Waals surface area contributed by atoms with Gasteiger partial charge in [0, 0.05) is 12.1 Å². The SMILES string of the molecule is COc1ccc(OC(F)F)c(NC(=O)NC(C)C(C)C)c1. The summed E-state index contributed by atoms with van der Waals surface area (Å²) in [5.74, 6) is 0.541. The number of nitrogens with one attached hydrogen (secondary N) is 2. The Labute approximate surface area is 122 Å². The van der Waals surface area contributed by atoms with Crippen molar-refractivity contribution in [3.8, 4) is 11.5 Å². The zero-order chi connectivity index (χ0) is 16.0. The topological polar surface area (TPSA) is 59.6 Å². The summed E-state index contributed by atoms with van der Waals surface area (Å²) in [5.41, 5.74) is 0.114. The van der Waals surface area contributed by atoms with Crippen LogP contribution >= 0.6 is 0 Å². The van der Waals surface area contributed by atoms with Gasteiger partial charge in [0.15, 0.2) is 0 Å². The largest absolute Gasteiger partial charge is 0.497 e. The first-order chi connectivity index (χ1) is 9.83. The minimum atomic E-state index is -2.98. The predicted molar refractivity (Wildman–Crippen MR) is 76.1 cm³/mol. The Kier molecular flexibility index (Phi) is 6.20. The number of rotatable bonds is 6. The Bertz CT molecular complexity index is 481. The summed E-state index contributed by atoms with van der Waals surface area (Å²) in [5, 5.41) is 5.20. The molecule has 0 bridgehead atoms. The molecule has 2 N–H and O–H groups in total. The molecule has 1 rings (SSSR count). The van der Waals surface area contributed by atoms with Gasteiger partial charge in [-0.3, -0.25) is 0 Å². The van der Waals surface area contributed by atoms with E-state index >= 15 is 0 Å². The van der Waals surface area contributed by atoms with E-state index in [0.717, 1.165) is 0 Å². The third-order valence-electron chi connectivity index (χ3n) is 3.01. The third-order valence-corrected chi connectivity index (χ3v) is 3.01. The van der Waals surface area contributed by atoms with Crippen LogP contribution < -0.4 is 20.1 Å². The molecule has 0 aliphatic rings. The molecule has 0 aliphatic carbocycles. The smallest absolute Gasteiger partial charge is 0.387 e. The Hall–Kier alpha value is -2.05. The number of carbonyl (C=O) groups excluding carboxylic acids is 1. The number of urea groups is 1. The van der Waals surface area contributed by atoms with Crippen molar-refractivity contribution in [1.29, 1.82) is 0 Å². The number of amides is 2. The molecule has 7 heteroatoms. The maximum atomic E-state index is 12.4. The molecule has 0 saturated carbocycles. The first kappa shape index (κ1) is 17.0. The third kappa shape index (κ3) is 5.45. The molecular formula is C14H20F2N2O3. The van der Waals surface area contributed by atoms with Crippen molar-refractivity contribution in [3.05, 3.63) is 18.2 Å². The minimum absolute atomic E-state index is 0.0601. The van der Waals surface area contributed by atoms with Gasteiger partial charge >= 0.3 is 12.6 Å². The second-order valence-electron chi connectivity index (χ2n) is 4.87. The first-order valence-corrected chi connectivity index (χ1v) is 6.53. The first-order valence-electron chi connectivity index (χ1n) is 6.53. The highest BCUT2D eigenvalue weighted by Gasteiger charge is 2.15. The number of hydrogen-bond acceptors (Lipinski definition) is 3. The van der Waals surface area contributed by atoms with E-state index < -0.39 is 12.6 Å². The summed E-state index contributed by atoms with van der Waals surface area (Å²) in [6.07, 6.45) is 0. The van der Waals surface area contributed by atoms with Gasteiger partial charge in [-0.25, -0.2) is 4.79 Å². The molecule has 118 valence electrons. The average molecular weight is 302 g/mol. The predicted octanol–water partition coefficient (Wildman–Crippen LogP) is 3.46. The Morgan fingerprint density at radius 3 is 2.43 bits per heavy atom. The molecule has 0 radical (unpaired) electrons. The van der Waals surface area contributed by atoms with Gasteiger partial charge in [0.25, 0.3) is 0 Å². The van der Waals surface area contributed by atoms with Crippen molar-refractivity contribution >= 4 is 11.7 Å². The van der Waals surface area contributed by atoms with Crippen LogP contribution in [0.4, 0.5) is 19.3 Å². The number of methoxy groups -OCH3 is 1. The van der Waals surface area contributed by atoms with Gasteiger partial charge in [0.05, 0.1) is 12.8 Å². The standard InChI is InChI=1S/C14H20F2N2O3/c1-8(2)9(3)17-14(19)18-11-7-10(20-4)5-6-12(11)21-13(15)16/h5-9,13H,1-4H3,(H2,17,18,19). The van der Waals surface area contributed by atoms with Crippen LogP contribution in [0.3, 0.4) is 0 Å². The van der Waals surface area contributed by atoms with E-state index in [2.05, 4.69) is 15.4 Å². The number of hydrogen-bond donors (Lipinski definition) is 2. The molecule has 1 aromatic carbocycles. The molecular weight excluding hydrogens is 282 g/mol. The molecule has 1 unspecified atom stereocenters. The molecule has 2 amide bonds. The van der Waals surface area contributed by atoms with Crippen LogP contribution in [0.2, 0.25) is 0 Å². The van der Waals surface area contributed by atoms with Crippen LogP contribution in [0, 0.1) is 5.92 Å². The van der Waals surface area contributed by atoms with Crippen molar-refractivity contribution < 1.29 is 23.0 Å². The molecule has 0 saturated heterocycles. The van der Waals surface area contributed by atoms with E-state index in [1.807, 2.05) is 20.8 Å². The second-order valence-corrected chi connectivity index (χ2v) is 4.87. The van der Waals surface area contributed by atoms with Crippen molar-refractivity contribution in [3.63, 3.8) is 0 Å². The van der Waals surface area contributed by atoms with E-state index in [9.17, 15) is 13.6 Å². The number of halogens is 2. The highest BCUT2D eigenvalue weighted by atomic mass is 19.3. The highest BCUT2D eigenvalue weighted by Crippen LogP contribution is 2.30. The molecule has 0 aliphatic heterocycles. The second kappa shape index (κ2) is 7.66.